The SMILES string of the molecule is CC(=O)NC1(c2ccc(F)cc2)CCN(C[C@@H](O)c2ccccc2)CC1. The Balaban J connectivity index is 1.68. The van der Waals surface area contributed by atoms with E-state index in [-0.39, 0.29) is 11.7 Å². The molecule has 2 aromatic carbocycles. The van der Waals surface area contributed by atoms with E-state index < -0.39 is 11.6 Å². The molecule has 138 valence electrons. The second-order valence-electron chi connectivity index (χ2n) is 7.00. The maximum atomic E-state index is 13.3. The molecular weight excluding hydrogens is 331 g/mol. The molecule has 2 aromatic rings. The van der Waals surface area contributed by atoms with Gasteiger partial charge in [-0.15, -0.1) is 0 Å². The van der Waals surface area contributed by atoms with E-state index in [1.165, 1.54) is 19.1 Å². The number of benzene rings is 2. The summed E-state index contributed by atoms with van der Waals surface area (Å²) in [6, 6.07) is 16.0. The first-order valence-corrected chi connectivity index (χ1v) is 8.99. The standard InChI is InChI=1S/C21H25FN2O2/c1-16(25)23-21(18-7-9-19(22)10-8-18)11-13-24(14-12-21)15-20(26)17-5-3-2-4-6-17/h2-10,20,26H,11-15H2,1H3,(H,23,25)/t20-/m1/s1. The molecule has 1 atom stereocenters. The fourth-order valence-corrected chi connectivity index (χ4v) is 3.73. The number of carbonyl (C=O) groups excluding carboxylic acids is 1. The predicted octanol–water partition coefficient (Wildman–Crippen LogP) is 2.99. The molecule has 1 aliphatic heterocycles. The number of halogens is 1. The molecule has 4 nitrogen and oxygen atoms in total. The summed E-state index contributed by atoms with van der Waals surface area (Å²) in [6.07, 6.45) is 0.912. The van der Waals surface area contributed by atoms with Crippen molar-refractivity contribution < 1.29 is 14.3 Å². The first kappa shape index (κ1) is 18.5. The van der Waals surface area contributed by atoms with E-state index >= 15 is 0 Å². The van der Waals surface area contributed by atoms with Crippen molar-refractivity contribution in [2.45, 2.75) is 31.4 Å². The van der Waals surface area contributed by atoms with Gasteiger partial charge in [0.05, 0.1) is 11.6 Å². The van der Waals surface area contributed by atoms with Crippen LogP contribution in [0.5, 0.6) is 0 Å². The van der Waals surface area contributed by atoms with Crippen LogP contribution in [-0.2, 0) is 10.3 Å². The smallest absolute Gasteiger partial charge is 0.217 e. The third-order valence-corrected chi connectivity index (χ3v) is 5.14. The molecule has 26 heavy (non-hydrogen) atoms. The second kappa shape index (κ2) is 7.98. The van der Waals surface area contributed by atoms with Crippen LogP contribution in [0.25, 0.3) is 0 Å². The Bertz CT molecular complexity index is 725. The first-order chi connectivity index (χ1) is 12.5. The molecule has 0 aromatic heterocycles. The minimum Gasteiger partial charge on any atom is -0.387 e. The molecule has 0 unspecified atom stereocenters. The molecule has 2 N–H and O–H groups in total. The van der Waals surface area contributed by atoms with E-state index in [0.717, 1.165) is 37.1 Å². The van der Waals surface area contributed by atoms with Gasteiger partial charge >= 0.3 is 0 Å². The number of piperidine rings is 1. The number of aliphatic hydroxyl groups excluding tert-OH is 1. The number of amides is 1. The number of carbonyl (C=O) groups is 1. The van der Waals surface area contributed by atoms with Gasteiger partial charge in [-0.3, -0.25) is 4.79 Å². The normalized spacial score (nSPS) is 18.3. The summed E-state index contributed by atoms with van der Waals surface area (Å²) in [7, 11) is 0. The van der Waals surface area contributed by atoms with Gasteiger partial charge in [-0.1, -0.05) is 42.5 Å². The molecule has 5 heteroatoms. The number of likely N-dealkylation sites (tertiary alicyclic amines) is 1. The number of nitrogens with one attached hydrogen (secondary N) is 1. The van der Waals surface area contributed by atoms with Crippen molar-refractivity contribution in [3.63, 3.8) is 0 Å². The van der Waals surface area contributed by atoms with Crippen molar-refractivity contribution in [1.82, 2.24) is 10.2 Å². The quantitative estimate of drug-likeness (QED) is 0.866. The highest BCUT2D eigenvalue weighted by atomic mass is 19.1. The fourth-order valence-electron chi connectivity index (χ4n) is 3.73. The van der Waals surface area contributed by atoms with Crippen molar-refractivity contribution in [3.8, 4) is 0 Å². The average Bonchev–Trinajstić information content (AvgIpc) is 2.64. The van der Waals surface area contributed by atoms with Gasteiger partial charge in [-0.25, -0.2) is 4.39 Å². The fraction of sp³-hybridized carbons (Fsp3) is 0.381. The van der Waals surface area contributed by atoms with E-state index in [9.17, 15) is 14.3 Å². The Morgan fingerprint density at radius 2 is 1.77 bits per heavy atom. The summed E-state index contributed by atoms with van der Waals surface area (Å²) in [5, 5.41) is 13.5. The molecule has 1 saturated heterocycles. The highest BCUT2D eigenvalue weighted by molar-refractivity contribution is 5.74. The van der Waals surface area contributed by atoms with E-state index in [1.54, 1.807) is 12.1 Å². The zero-order chi connectivity index (χ0) is 18.6. The van der Waals surface area contributed by atoms with Gasteiger partial charge in [0, 0.05) is 26.6 Å². The van der Waals surface area contributed by atoms with Gasteiger partial charge in [0.2, 0.25) is 5.91 Å². The molecule has 1 fully saturated rings. The molecule has 1 heterocycles. The Kier molecular flexibility index (Phi) is 5.69. The lowest BCUT2D eigenvalue weighted by Gasteiger charge is -2.43. The number of aliphatic hydroxyl groups is 1. The first-order valence-electron chi connectivity index (χ1n) is 8.99. The van der Waals surface area contributed by atoms with Crippen LogP contribution in [0.2, 0.25) is 0 Å². The van der Waals surface area contributed by atoms with Crippen LogP contribution in [0, 0.1) is 5.82 Å². The molecule has 0 radical (unpaired) electrons. The predicted molar refractivity (Wildman–Crippen MR) is 99.0 cm³/mol. The van der Waals surface area contributed by atoms with Gasteiger partial charge in [0.15, 0.2) is 0 Å². The van der Waals surface area contributed by atoms with Gasteiger partial charge in [-0.05, 0) is 36.1 Å². The van der Waals surface area contributed by atoms with Crippen molar-refractivity contribution >= 4 is 5.91 Å². The number of β-amino-alcohol motifs (C(OH)–C–C–N with tert-alkyl or cyclic N) is 1. The number of nitrogens with zero attached hydrogens (tertiary/aromatic N) is 1. The largest absolute Gasteiger partial charge is 0.387 e. The number of hydrogen-bond acceptors (Lipinski definition) is 3. The van der Waals surface area contributed by atoms with E-state index in [0.29, 0.717) is 6.54 Å². The lowest BCUT2D eigenvalue weighted by molar-refractivity contribution is -0.121. The molecule has 0 aliphatic carbocycles. The van der Waals surface area contributed by atoms with Gasteiger partial charge in [0.25, 0.3) is 0 Å². The number of hydrogen-bond donors (Lipinski definition) is 2. The van der Waals surface area contributed by atoms with Crippen LogP contribution in [0.4, 0.5) is 4.39 Å². The second-order valence-corrected chi connectivity index (χ2v) is 7.00. The van der Waals surface area contributed by atoms with E-state index in [1.807, 2.05) is 30.3 Å². The van der Waals surface area contributed by atoms with Gasteiger partial charge in [0.1, 0.15) is 5.82 Å². The van der Waals surface area contributed by atoms with Crippen molar-refractivity contribution in [1.29, 1.82) is 0 Å². The molecule has 0 spiro atoms. The molecular formula is C21H25FN2O2. The molecule has 1 aliphatic rings. The van der Waals surface area contributed by atoms with Crippen LogP contribution < -0.4 is 5.32 Å². The van der Waals surface area contributed by atoms with Crippen LogP contribution in [0.1, 0.15) is 37.0 Å². The lowest BCUT2D eigenvalue weighted by Crippen LogP contribution is -2.53. The minimum absolute atomic E-state index is 0.0907. The minimum atomic E-state index is -0.532. The van der Waals surface area contributed by atoms with Crippen LogP contribution in [0.3, 0.4) is 0 Å². The van der Waals surface area contributed by atoms with Gasteiger partial charge in [-0.2, -0.15) is 0 Å². The maximum Gasteiger partial charge on any atom is 0.217 e. The van der Waals surface area contributed by atoms with Crippen LogP contribution in [0.15, 0.2) is 54.6 Å². The molecule has 3 rings (SSSR count). The summed E-state index contributed by atoms with van der Waals surface area (Å²) >= 11 is 0. The molecule has 0 bridgehead atoms. The summed E-state index contributed by atoms with van der Waals surface area (Å²) < 4.78 is 13.3. The van der Waals surface area contributed by atoms with Gasteiger partial charge < -0.3 is 15.3 Å². The highest BCUT2D eigenvalue weighted by Crippen LogP contribution is 2.33. The number of rotatable bonds is 5. The average molecular weight is 356 g/mol. The molecule has 1 amide bonds. The monoisotopic (exact) mass is 356 g/mol. The maximum absolute atomic E-state index is 13.3. The Morgan fingerprint density at radius 1 is 1.15 bits per heavy atom. The van der Waals surface area contributed by atoms with Crippen LogP contribution >= 0.6 is 0 Å². The Morgan fingerprint density at radius 3 is 2.35 bits per heavy atom. The molecule has 0 saturated carbocycles. The van der Waals surface area contributed by atoms with E-state index in [4.69, 9.17) is 0 Å². The lowest BCUT2D eigenvalue weighted by atomic mass is 9.80. The topological polar surface area (TPSA) is 52.6 Å². The zero-order valence-electron chi connectivity index (χ0n) is 15.0. The van der Waals surface area contributed by atoms with E-state index in [2.05, 4.69) is 10.2 Å². The Labute approximate surface area is 153 Å². The van der Waals surface area contributed by atoms with Crippen molar-refractivity contribution in [2.24, 2.45) is 0 Å². The highest BCUT2D eigenvalue weighted by Gasteiger charge is 2.37. The zero-order valence-corrected chi connectivity index (χ0v) is 15.0. The third kappa shape index (κ3) is 4.29. The van der Waals surface area contributed by atoms with Crippen LogP contribution in [-0.4, -0.2) is 35.5 Å². The summed E-state index contributed by atoms with van der Waals surface area (Å²) in [5.74, 6) is -0.373. The summed E-state index contributed by atoms with van der Waals surface area (Å²) in [5.41, 5.74) is 1.36. The summed E-state index contributed by atoms with van der Waals surface area (Å²) in [4.78, 5) is 14.0. The van der Waals surface area contributed by atoms with Crippen molar-refractivity contribution in [2.75, 3.05) is 19.6 Å². The van der Waals surface area contributed by atoms with Crippen molar-refractivity contribution in [3.05, 3.63) is 71.5 Å². The Hall–Kier alpha value is -2.24. The third-order valence-electron chi connectivity index (χ3n) is 5.14. The summed E-state index contributed by atoms with van der Waals surface area (Å²) in [6.45, 7) is 3.57.